The van der Waals surface area contributed by atoms with Gasteiger partial charge in [0.05, 0.1) is 6.61 Å². The van der Waals surface area contributed by atoms with Crippen molar-refractivity contribution in [2.45, 2.75) is 26.3 Å². The first-order chi connectivity index (χ1) is 12.2. The first kappa shape index (κ1) is 22.7. The summed E-state index contributed by atoms with van der Waals surface area (Å²) >= 11 is 0. The molecular weight excluding hydrogens is 443 g/mol. The number of amides is 1. The van der Waals surface area contributed by atoms with Crippen LogP contribution in [0.4, 0.5) is 0 Å². The summed E-state index contributed by atoms with van der Waals surface area (Å²) in [4.78, 5) is 18.4. The molecule has 0 heterocycles. The lowest BCUT2D eigenvalue weighted by Gasteiger charge is -2.22. The number of nitrogens with zero attached hydrogens (tertiary/aromatic N) is 2. The molecule has 26 heavy (non-hydrogen) atoms. The van der Waals surface area contributed by atoms with Crippen LogP contribution in [0.1, 0.15) is 25.3 Å². The highest BCUT2D eigenvalue weighted by Crippen LogP contribution is 2.28. The number of likely N-dealkylation sites (N-methyl/N-ethyl adjacent to an activating group) is 1. The van der Waals surface area contributed by atoms with Crippen molar-refractivity contribution in [3.8, 4) is 0 Å². The second kappa shape index (κ2) is 12.9. The fraction of sp³-hybridized carbons (Fsp3) is 0.579. The third-order valence-electron chi connectivity index (χ3n) is 4.02. The molecule has 0 radical (unpaired) electrons. The van der Waals surface area contributed by atoms with E-state index in [0.29, 0.717) is 13.2 Å². The van der Waals surface area contributed by atoms with Crippen LogP contribution in [0.5, 0.6) is 0 Å². The van der Waals surface area contributed by atoms with Crippen molar-refractivity contribution in [2.75, 3.05) is 39.9 Å². The average Bonchev–Trinajstić information content (AvgIpc) is 3.45. The molecule has 0 bridgehead atoms. The molecule has 0 aromatic heterocycles. The monoisotopic (exact) mass is 474 g/mol. The second-order valence-electron chi connectivity index (χ2n) is 6.37. The first-order valence-electron chi connectivity index (χ1n) is 9.07. The maximum Gasteiger partial charge on any atom is 0.242 e. The Morgan fingerprint density at radius 2 is 2.00 bits per heavy atom. The largest absolute Gasteiger partial charge is 0.379 e. The van der Waals surface area contributed by atoms with Crippen LogP contribution in [-0.4, -0.2) is 56.7 Å². The molecule has 0 unspecified atom stereocenters. The van der Waals surface area contributed by atoms with Gasteiger partial charge in [-0.1, -0.05) is 30.3 Å². The third-order valence-corrected chi connectivity index (χ3v) is 4.02. The molecule has 1 aliphatic rings. The van der Waals surface area contributed by atoms with Crippen molar-refractivity contribution >= 4 is 35.8 Å². The van der Waals surface area contributed by atoms with E-state index in [1.54, 1.807) is 0 Å². The Hall–Kier alpha value is -1.35. The summed E-state index contributed by atoms with van der Waals surface area (Å²) in [6, 6.07) is 9.86. The van der Waals surface area contributed by atoms with Crippen LogP contribution in [0.15, 0.2) is 35.3 Å². The van der Waals surface area contributed by atoms with Gasteiger partial charge >= 0.3 is 0 Å². The maximum atomic E-state index is 12.0. The van der Waals surface area contributed by atoms with Gasteiger partial charge in [-0.15, -0.1) is 24.0 Å². The van der Waals surface area contributed by atoms with E-state index >= 15 is 0 Å². The highest BCUT2D eigenvalue weighted by molar-refractivity contribution is 14.0. The van der Waals surface area contributed by atoms with Gasteiger partial charge in [0.15, 0.2) is 5.96 Å². The van der Waals surface area contributed by atoms with Gasteiger partial charge in [0.2, 0.25) is 5.91 Å². The van der Waals surface area contributed by atoms with Gasteiger partial charge in [0.1, 0.15) is 6.54 Å². The van der Waals surface area contributed by atoms with Crippen molar-refractivity contribution < 1.29 is 9.53 Å². The minimum atomic E-state index is -0.0855. The molecule has 0 spiro atoms. The number of rotatable bonds is 10. The molecule has 0 aliphatic heterocycles. The maximum absolute atomic E-state index is 12.0. The van der Waals surface area contributed by atoms with Crippen LogP contribution in [0, 0.1) is 5.92 Å². The Bertz CT molecular complexity index is 550. The van der Waals surface area contributed by atoms with E-state index in [1.807, 2.05) is 49.2 Å². The lowest BCUT2D eigenvalue weighted by atomic mass is 10.2. The van der Waals surface area contributed by atoms with Crippen molar-refractivity contribution in [1.82, 2.24) is 15.5 Å². The van der Waals surface area contributed by atoms with Crippen LogP contribution in [0.25, 0.3) is 0 Å². The molecule has 146 valence electrons. The van der Waals surface area contributed by atoms with Gasteiger partial charge in [-0.05, 0) is 31.2 Å². The standard InChI is InChI=1S/C19H30N4O2.HI/c1-3-20-19(23(2)11-12-25-15-17-9-10-17)22-14-18(24)21-13-16-7-5-4-6-8-16;/h4-8,17H,3,9-15H2,1-2H3,(H,20,22)(H,21,24);1H. The van der Waals surface area contributed by atoms with E-state index in [9.17, 15) is 4.79 Å². The van der Waals surface area contributed by atoms with Crippen molar-refractivity contribution in [3.63, 3.8) is 0 Å². The van der Waals surface area contributed by atoms with Gasteiger partial charge in [-0.3, -0.25) is 4.79 Å². The van der Waals surface area contributed by atoms with E-state index in [4.69, 9.17) is 4.74 Å². The second-order valence-corrected chi connectivity index (χ2v) is 6.37. The fourth-order valence-corrected chi connectivity index (χ4v) is 2.31. The number of carbonyl (C=O) groups is 1. The topological polar surface area (TPSA) is 66.0 Å². The van der Waals surface area contributed by atoms with E-state index < -0.39 is 0 Å². The number of aliphatic imine (C=N–C) groups is 1. The molecule has 2 rings (SSSR count). The van der Waals surface area contributed by atoms with Crippen molar-refractivity contribution in [1.29, 1.82) is 0 Å². The van der Waals surface area contributed by atoms with E-state index in [2.05, 4.69) is 15.6 Å². The van der Waals surface area contributed by atoms with Crippen LogP contribution in [0.2, 0.25) is 0 Å². The Labute approximate surface area is 173 Å². The summed E-state index contributed by atoms with van der Waals surface area (Å²) in [5, 5.41) is 6.10. The summed E-state index contributed by atoms with van der Waals surface area (Å²) in [6.45, 7) is 5.71. The van der Waals surface area contributed by atoms with E-state index in [0.717, 1.165) is 37.1 Å². The quantitative estimate of drug-likeness (QED) is 0.236. The normalized spacial score (nSPS) is 13.7. The van der Waals surface area contributed by atoms with Gasteiger partial charge < -0.3 is 20.3 Å². The van der Waals surface area contributed by atoms with Gasteiger partial charge in [0, 0.05) is 33.3 Å². The molecule has 1 aromatic rings. The summed E-state index contributed by atoms with van der Waals surface area (Å²) in [7, 11) is 1.96. The molecule has 1 saturated carbocycles. The molecule has 2 N–H and O–H groups in total. The summed E-state index contributed by atoms with van der Waals surface area (Å²) in [5.74, 6) is 1.42. The fourth-order valence-electron chi connectivity index (χ4n) is 2.31. The predicted molar refractivity (Wildman–Crippen MR) is 116 cm³/mol. The molecule has 1 aliphatic carbocycles. The SMILES string of the molecule is CCNC(=NCC(=O)NCc1ccccc1)N(C)CCOCC1CC1.I. The number of hydrogen-bond acceptors (Lipinski definition) is 3. The highest BCUT2D eigenvalue weighted by Gasteiger charge is 2.21. The number of ether oxygens (including phenoxy) is 1. The van der Waals surface area contributed by atoms with Crippen molar-refractivity contribution in [2.24, 2.45) is 10.9 Å². The third kappa shape index (κ3) is 9.38. The van der Waals surface area contributed by atoms with Crippen LogP contribution < -0.4 is 10.6 Å². The lowest BCUT2D eigenvalue weighted by Crippen LogP contribution is -2.41. The molecule has 6 nitrogen and oxygen atoms in total. The minimum Gasteiger partial charge on any atom is -0.379 e. The van der Waals surface area contributed by atoms with E-state index in [-0.39, 0.29) is 36.4 Å². The van der Waals surface area contributed by atoms with Gasteiger partial charge in [0.25, 0.3) is 0 Å². The summed E-state index contributed by atoms with van der Waals surface area (Å²) in [5.41, 5.74) is 1.08. The number of guanidine groups is 1. The molecule has 7 heteroatoms. The molecule has 0 atom stereocenters. The number of carbonyl (C=O) groups excluding carboxylic acids is 1. The molecule has 1 amide bonds. The molecule has 1 fully saturated rings. The predicted octanol–water partition coefficient (Wildman–Crippen LogP) is 2.24. The Morgan fingerprint density at radius 3 is 2.65 bits per heavy atom. The van der Waals surface area contributed by atoms with Crippen molar-refractivity contribution in [3.05, 3.63) is 35.9 Å². The van der Waals surface area contributed by atoms with Gasteiger partial charge in [-0.25, -0.2) is 4.99 Å². The molecular formula is C19H31IN4O2. The average molecular weight is 474 g/mol. The van der Waals surface area contributed by atoms with Crippen LogP contribution in [-0.2, 0) is 16.1 Å². The number of hydrogen-bond donors (Lipinski definition) is 2. The Balaban J connectivity index is 0.00000338. The van der Waals surface area contributed by atoms with Crippen LogP contribution in [0.3, 0.4) is 0 Å². The number of halogens is 1. The van der Waals surface area contributed by atoms with Gasteiger partial charge in [-0.2, -0.15) is 0 Å². The zero-order valence-corrected chi connectivity index (χ0v) is 18.1. The summed E-state index contributed by atoms with van der Waals surface area (Å²) in [6.07, 6.45) is 2.61. The Kier molecular flexibility index (Phi) is 11.3. The Morgan fingerprint density at radius 1 is 1.27 bits per heavy atom. The lowest BCUT2D eigenvalue weighted by molar-refractivity contribution is -0.119. The molecule has 0 saturated heterocycles. The van der Waals surface area contributed by atoms with E-state index in [1.165, 1.54) is 12.8 Å². The minimum absolute atomic E-state index is 0. The molecule has 1 aromatic carbocycles. The zero-order chi connectivity index (χ0) is 17.9. The smallest absolute Gasteiger partial charge is 0.242 e. The first-order valence-corrected chi connectivity index (χ1v) is 9.07. The van der Waals surface area contributed by atoms with Crippen LogP contribution >= 0.6 is 24.0 Å². The number of benzene rings is 1. The zero-order valence-electron chi connectivity index (χ0n) is 15.7. The summed E-state index contributed by atoms with van der Waals surface area (Å²) < 4.78 is 5.67. The highest BCUT2D eigenvalue weighted by atomic mass is 127. The number of nitrogens with one attached hydrogen (secondary N) is 2.